The molecule has 0 bridgehead atoms. The van der Waals surface area contributed by atoms with Crippen molar-refractivity contribution in [3.8, 4) is 0 Å². The number of rotatable bonds is 0. The fraction of sp³-hybridized carbons (Fsp3) is 0.250. The zero-order chi connectivity index (χ0) is 2.71. The van der Waals surface area contributed by atoms with E-state index >= 15 is 0 Å². The van der Waals surface area contributed by atoms with Gasteiger partial charge in [0.05, 0.1) is 0 Å². The standard InChI is InChI=1S/C2H6P.2CH3.Y/c1-2-3;;;/h1-3H2;2*1H3;/q3*-1;+3. The van der Waals surface area contributed by atoms with Crippen LogP contribution in [0.25, 0.3) is 0 Å². The summed E-state index contributed by atoms with van der Waals surface area (Å²) in [6.07, 6.45) is 0.917. The first-order valence-corrected chi connectivity index (χ1v) is 1.72. The van der Waals surface area contributed by atoms with Gasteiger partial charge in [-0.05, 0) is 0 Å². The normalized spacial score (nSPS) is 3.00. The van der Waals surface area contributed by atoms with Crippen LogP contribution >= 0.6 is 9.24 Å². The van der Waals surface area contributed by atoms with Crippen LogP contribution in [0.2, 0.25) is 0 Å². The topological polar surface area (TPSA) is 0 Å². The van der Waals surface area contributed by atoms with E-state index in [1.165, 1.54) is 0 Å². The second-order valence-electron chi connectivity index (χ2n) is 0.289. The Kier molecular flexibility index (Phi) is 134. The molecule has 0 amide bonds. The van der Waals surface area contributed by atoms with Gasteiger partial charge >= 0.3 is 32.7 Å². The van der Waals surface area contributed by atoms with Crippen molar-refractivity contribution in [3.63, 3.8) is 0 Å². The van der Waals surface area contributed by atoms with E-state index in [9.17, 15) is 0 Å². The molecular formula is C4H12PY. The van der Waals surface area contributed by atoms with Crippen molar-refractivity contribution in [1.29, 1.82) is 0 Å². The molecule has 0 nitrogen and oxygen atoms in total. The first-order valence-electron chi connectivity index (χ1n) is 0.908. The number of hydrogen-bond acceptors (Lipinski definition) is 0. The van der Waals surface area contributed by atoms with E-state index in [-0.39, 0.29) is 47.6 Å². The van der Waals surface area contributed by atoms with E-state index in [1.54, 1.807) is 0 Å². The Labute approximate surface area is 69.6 Å². The van der Waals surface area contributed by atoms with Crippen molar-refractivity contribution in [3.05, 3.63) is 21.8 Å². The monoisotopic (exact) mass is 180 g/mol. The van der Waals surface area contributed by atoms with Crippen molar-refractivity contribution < 1.29 is 32.7 Å². The maximum Gasteiger partial charge on any atom is 3.00 e. The van der Waals surface area contributed by atoms with Crippen LogP contribution in [0.5, 0.6) is 0 Å². The summed E-state index contributed by atoms with van der Waals surface area (Å²) in [6, 6.07) is 0. The molecule has 1 atom stereocenters. The van der Waals surface area contributed by atoms with Gasteiger partial charge in [-0.1, -0.05) is 0 Å². The first kappa shape index (κ1) is 25.8. The van der Waals surface area contributed by atoms with Crippen molar-refractivity contribution >= 4 is 9.24 Å². The second-order valence-corrected chi connectivity index (χ2v) is 0.866. The SMILES string of the molecule is [CH2-]CP.[CH3-].[CH3-].[Y+3]. The molecule has 0 rings (SSSR count). The maximum atomic E-state index is 3.45. The third-order valence-electron chi connectivity index (χ3n) is 0. The van der Waals surface area contributed by atoms with E-state index in [2.05, 4.69) is 16.2 Å². The Balaban J connectivity index is -0.00000000667. The molecule has 0 aliphatic carbocycles. The largest absolute Gasteiger partial charge is 3.00 e. The second kappa shape index (κ2) is 31.2. The molecule has 0 aromatic carbocycles. The van der Waals surface area contributed by atoms with Crippen molar-refractivity contribution in [2.45, 2.75) is 0 Å². The quantitative estimate of drug-likeness (QED) is 0.392. The van der Waals surface area contributed by atoms with Gasteiger partial charge in [0.15, 0.2) is 0 Å². The fourth-order valence-electron chi connectivity index (χ4n) is 0. The molecule has 0 saturated heterocycles. The molecule has 0 spiro atoms. The third-order valence-corrected chi connectivity index (χ3v) is 0. The molecular weight excluding hydrogens is 168 g/mol. The van der Waals surface area contributed by atoms with E-state index in [4.69, 9.17) is 0 Å². The van der Waals surface area contributed by atoms with Gasteiger partial charge in [-0.25, -0.2) is 0 Å². The van der Waals surface area contributed by atoms with Gasteiger partial charge < -0.3 is 21.8 Å². The van der Waals surface area contributed by atoms with Crippen LogP contribution < -0.4 is 0 Å². The number of hydrogen-bond donors (Lipinski definition) is 0. The van der Waals surface area contributed by atoms with Gasteiger partial charge in [-0.15, -0.1) is 0 Å². The van der Waals surface area contributed by atoms with Gasteiger partial charge in [-0.3, -0.25) is 0 Å². The summed E-state index contributed by atoms with van der Waals surface area (Å²) in [6.45, 7) is 3.45. The summed E-state index contributed by atoms with van der Waals surface area (Å²) in [4.78, 5) is 0. The molecule has 0 aliphatic heterocycles. The Morgan fingerprint density at radius 2 is 1.33 bits per heavy atom. The van der Waals surface area contributed by atoms with Crippen molar-refractivity contribution in [2.75, 3.05) is 6.16 Å². The molecule has 2 heteroatoms. The maximum absolute atomic E-state index is 3.45. The van der Waals surface area contributed by atoms with Crippen LogP contribution in [-0.4, -0.2) is 6.16 Å². The summed E-state index contributed by atoms with van der Waals surface area (Å²) >= 11 is 0. The van der Waals surface area contributed by atoms with E-state index in [0.717, 1.165) is 6.16 Å². The van der Waals surface area contributed by atoms with Gasteiger partial charge in [0.2, 0.25) is 0 Å². The van der Waals surface area contributed by atoms with Crippen molar-refractivity contribution in [2.24, 2.45) is 0 Å². The zero-order valence-electron chi connectivity index (χ0n) is 4.57. The fourth-order valence-corrected chi connectivity index (χ4v) is 0. The van der Waals surface area contributed by atoms with Crippen LogP contribution in [0.1, 0.15) is 0 Å². The molecule has 0 N–H and O–H groups in total. The summed E-state index contributed by atoms with van der Waals surface area (Å²) in [5, 5.41) is 0. The minimum atomic E-state index is 0. The molecule has 0 saturated carbocycles. The molecule has 0 aromatic heterocycles. The molecule has 0 fully saturated rings. The molecule has 0 aliphatic rings. The molecule has 0 aromatic rings. The molecule has 0 heterocycles. The summed E-state index contributed by atoms with van der Waals surface area (Å²) in [5.41, 5.74) is 0. The minimum absolute atomic E-state index is 0. The van der Waals surface area contributed by atoms with Gasteiger partial charge in [0, 0.05) is 0 Å². The first-order chi connectivity index (χ1) is 1.41. The summed E-state index contributed by atoms with van der Waals surface area (Å²) in [7, 11) is 2.47. The predicted molar refractivity (Wildman–Crippen MR) is 32.8 cm³/mol. The molecule has 6 heavy (non-hydrogen) atoms. The van der Waals surface area contributed by atoms with E-state index in [1.807, 2.05) is 0 Å². The predicted octanol–water partition coefficient (Wildman–Crippen LogP) is 1.59. The summed E-state index contributed by atoms with van der Waals surface area (Å²) in [5.74, 6) is 0. The molecule has 36 valence electrons. The van der Waals surface area contributed by atoms with Crippen LogP contribution in [0.3, 0.4) is 0 Å². The Bertz CT molecular complexity index is 7.51. The third kappa shape index (κ3) is 48.3. The average molecular weight is 180 g/mol. The smallest absolute Gasteiger partial charge is 0.358 e. The van der Waals surface area contributed by atoms with E-state index in [0.29, 0.717) is 0 Å². The summed E-state index contributed by atoms with van der Waals surface area (Å²) < 4.78 is 0. The van der Waals surface area contributed by atoms with Gasteiger partial charge in [0.25, 0.3) is 0 Å². The van der Waals surface area contributed by atoms with Crippen molar-refractivity contribution in [1.82, 2.24) is 0 Å². The van der Waals surface area contributed by atoms with Crippen LogP contribution in [0.4, 0.5) is 0 Å². The van der Waals surface area contributed by atoms with Gasteiger partial charge in [0.1, 0.15) is 0 Å². The molecule has 1 unspecified atom stereocenters. The Morgan fingerprint density at radius 1 is 1.33 bits per heavy atom. The van der Waals surface area contributed by atoms with Crippen LogP contribution in [0, 0.1) is 21.8 Å². The molecule has 0 radical (unpaired) electrons. The minimum Gasteiger partial charge on any atom is -0.358 e. The van der Waals surface area contributed by atoms with Gasteiger partial charge in [-0.2, -0.15) is 15.4 Å². The average Bonchev–Trinajstić information content (AvgIpc) is 0.918. The van der Waals surface area contributed by atoms with E-state index < -0.39 is 0 Å². The van der Waals surface area contributed by atoms with Crippen LogP contribution in [0.15, 0.2) is 0 Å². The Hall–Kier alpha value is 1.53. The zero-order valence-corrected chi connectivity index (χ0v) is 8.56. The Morgan fingerprint density at radius 3 is 1.33 bits per heavy atom. The van der Waals surface area contributed by atoms with Crippen LogP contribution in [-0.2, 0) is 32.7 Å².